The molecule has 2 aromatic carbocycles. The Hall–Kier alpha value is -3.04. The van der Waals surface area contributed by atoms with E-state index >= 15 is 0 Å². The van der Waals surface area contributed by atoms with Crippen LogP contribution in [0.5, 0.6) is 0 Å². The van der Waals surface area contributed by atoms with Crippen molar-refractivity contribution in [3.8, 4) is 0 Å². The minimum atomic E-state index is -0.987. The number of amides is 4. The maximum atomic E-state index is 13.7. The van der Waals surface area contributed by atoms with Crippen LogP contribution in [0.3, 0.4) is 0 Å². The summed E-state index contributed by atoms with van der Waals surface area (Å²) in [7, 11) is 0. The molecule has 0 atom stereocenters. The maximum Gasteiger partial charge on any atom is 0.325 e. The van der Waals surface area contributed by atoms with Gasteiger partial charge < -0.3 is 10.6 Å². The monoisotopic (exact) mass is 462 g/mol. The van der Waals surface area contributed by atoms with Crippen LogP contribution in [0.25, 0.3) is 0 Å². The summed E-state index contributed by atoms with van der Waals surface area (Å²) in [6, 6.07) is 9.41. The Morgan fingerprint density at radius 2 is 1.78 bits per heavy atom. The number of nitrogens with zero attached hydrogens (tertiary/aromatic N) is 2. The molecule has 2 aliphatic heterocycles. The van der Waals surface area contributed by atoms with Gasteiger partial charge in [0.15, 0.2) is 0 Å². The zero-order chi connectivity index (χ0) is 22.9. The van der Waals surface area contributed by atoms with Crippen LogP contribution in [0.4, 0.5) is 19.3 Å². The van der Waals surface area contributed by atoms with Crippen LogP contribution in [0.1, 0.15) is 18.4 Å². The van der Waals surface area contributed by atoms with Crippen LogP contribution < -0.4 is 10.6 Å². The first-order valence-electron chi connectivity index (χ1n) is 10.1. The summed E-state index contributed by atoms with van der Waals surface area (Å²) in [6.07, 6.45) is 0.708. The number of nitrogens with one attached hydrogen (secondary N) is 2. The number of carbonyl (C=O) groups is 3. The fourth-order valence-corrected chi connectivity index (χ4v) is 4.13. The van der Waals surface area contributed by atoms with Gasteiger partial charge in [-0.05, 0) is 42.7 Å². The maximum absolute atomic E-state index is 13.7. The number of carbonyl (C=O) groups excluding carboxylic acids is 3. The number of anilines is 1. The lowest BCUT2D eigenvalue weighted by Gasteiger charge is -2.36. The van der Waals surface area contributed by atoms with Crippen molar-refractivity contribution in [3.05, 3.63) is 64.7 Å². The molecule has 7 nitrogen and oxygen atoms in total. The second-order valence-electron chi connectivity index (χ2n) is 7.98. The van der Waals surface area contributed by atoms with E-state index in [0.29, 0.717) is 37.0 Å². The van der Waals surface area contributed by atoms with Crippen molar-refractivity contribution >= 4 is 35.1 Å². The lowest BCUT2D eigenvalue weighted by molar-refractivity contribution is -0.133. The third-order valence-corrected chi connectivity index (χ3v) is 6.03. The van der Waals surface area contributed by atoms with Gasteiger partial charge in [0.1, 0.15) is 17.2 Å². The first kappa shape index (κ1) is 22.2. The van der Waals surface area contributed by atoms with Gasteiger partial charge in [-0.15, -0.1) is 0 Å². The SMILES string of the molecule is O=C(CN1CCC2(CC1)NC(=O)N(Cc1ccc(Cl)cc1)C2=O)Nc1ccc(F)cc1F. The molecular weight excluding hydrogens is 442 g/mol. The molecule has 4 amide bonds. The van der Waals surface area contributed by atoms with E-state index in [4.69, 9.17) is 11.6 Å². The number of imide groups is 1. The lowest BCUT2D eigenvalue weighted by atomic mass is 9.87. The summed E-state index contributed by atoms with van der Waals surface area (Å²) in [4.78, 5) is 40.8. The summed E-state index contributed by atoms with van der Waals surface area (Å²) < 4.78 is 26.7. The van der Waals surface area contributed by atoms with Gasteiger partial charge in [-0.3, -0.25) is 19.4 Å². The van der Waals surface area contributed by atoms with E-state index in [1.165, 1.54) is 4.90 Å². The van der Waals surface area contributed by atoms with Crippen molar-refractivity contribution in [3.63, 3.8) is 0 Å². The molecule has 2 saturated heterocycles. The second-order valence-corrected chi connectivity index (χ2v) is 8.41. The molecule has 0 unspecified atom stereocenters. The van der Waals surface area contributed by atoms with Gasteiger partial charge in [0, 0.05) is 24.2 Å². The molecule has 32 heavy (non-hydrogen) atoms. The summed E-state index contributed by atoms with van der Waals surface area (Å²) >= 11 is 5.88. The highest BCUT2D eigenvalue weighted by atomic mass is 35.5. The molecule has 1 spiro atoms. The minimum Gasteiger partial charge on any atom is -0.323 e. The molecule has 0 radical (unpaired) electrons. The van der Waals surface area contributed by atoms with Crippen molar-refractivity contribution in [1.82, 2.24) is 15.1 Å². The standard InChI is InChI=1S/C22H21ClF2N4O3/c23-15-3-1-14(2-4-15)12-29-20(31)22(27-21(29)32)7-9-28(10-8-22)13-19(30)26-18-6-5-16(24)11-17(18)25/h1-6,11H,7-10,12-13H2,(H,26,30)(H,27,32). The molecule has 2 N–H and O–H groups in total. The van der Waals surface area contributed by atoms with E-state index in [1.54, 1.807) is 24.3 Å². The molecule has 0 aliphatic carbocycles. The normalized spacial score (nSPS) is 18.2. The van der Waals surface area contributed by atoms with Gasteiger partial charge in [0.25, 0.3) is 5.91 Å². The van der Waals surface area contributed by atoms with E-state index in [1.807, 2.05) is 4.90 Å². The van der Waals surface area contributed by atoms with Crippen molar-refractivity contribution in [2.45, 2.75) is 24.9 Å². The van der Waals surface area contributed by atoms with Crippen molar-refractivity contribution in [2.75, 3.05) is 25.0 Å². The highest BCUT2D eigenvalue weighted by Crippen LogP contribution is 2.30. The van der Waals surface area contributed by atoms with E-state index < -0.39 is 29.1 Å². The summed E-state index contributed by atoms with van der Waals surface area (Å²) in [5.41, 5.74) is -0.294. The first-order valence-corrected chi connectivity index (χ1v) is 10.5. The summed E-state index contributed by atoms with van der Waals surface area (Å²) in [6.45, 7) is 0.947. The number of hydrogen-bond acceptors (Lipinski definition) is 4. The highest BCUT2D eigenvalue weighted by molar-refractivity contribution is 6.30. The van der Waals surface area contributed by atoms with E-state index in [-0.39, 0.29) is 24.7 Å². The van der Waals surface area contributed by atoms with E-state index in [0.717, 1.165) is 17.7 Å². The number of hydrogen-bond donors (Lipinski definition) is 2. The Labute approximate surface area is 188 Å². The van der Waals surface area contributed by atoms with E-state index in [9.17, 15) is 23.2 Å². The van der Waals surface area contributed by atoms with Crippen molar-refractivity contribution in [1.29, 1.82) is 0 Å². The summed E-state index contributed by atoms with van der Waals surface area (Å²) in [5.74, 6) is -2.31. The molecule has 2 aromatic rings. The Morgan fingerprint density at radius 1 is 1.09 bits per heavy atom. The largest absolute Gasteiger partial charge is 0.325 e. The van der Waals surface area contributed by atoms with Crippen LogP contribution in [0.15, 0.2) is 42.5 Å². The third-order valence-electron chi connectivity index (χ3n) is 5.78. The van der Waals surface area contributed by atoms with Crippen LogP contribution in [0.2, 0.25) is 5.02 Å². The Morgan fingerprint density at radius 3 is 2.44 bits per heavy atom. The van der Waals surface area contributed by atoms with Crippen LogP contribution >= 0.6 is 11.6 Å². The first-order chi connectivity index (χ1) is 15.3. The number of likely N-dealkylation sites (tertiary alicyclic amines) is 1. The number of halogens is 3. The predicted molar refractivity (Wildman–Crippen MR) is 114 cm³/mol. The predicted octanol–water partition coefficient (Wildman–Crippen LogP) is 3.14. The lowest BCUT2D eigenvalue weighted by Crippen LogP contribution is -2.55. The molecule has 10 heteroatoms. The number of benzene rings is 2. The summed E-state index contributed by atoms with van der Waals surface area (Å²) in [5, 5.41) is 5.82. The number of rotatable bonds is 5. The third kappa shape index (κ3) is 4.58. The quantitative estimate of drug-likeness (QED) is 0.669. The van der Waals surface area contributed by atoms with Gasteiger partial charge in [-0.1, -0.05) is 23.7 Å². The van der Waals surface area contributed by atoms with Crippen molar-refractivity contribution < 1.29 is 23.2 Å². The Balaban J connectivity index is 1.33. The van der Waals surface area contributed by atoms with Crippen LogP contribution in [-0.2, 0) is 16.1 Å². The van der Waals surface area contributed by atoms with Gasteiger partial charge >= 0.3 is 6.03 Å². The Kier molecular flexibility index (Phi) is 6.12. The zero-order valence-corrected chi connectivity index (χ0v) is 17.8. The average molecular weight is 463 g/mol. The minimum absolute atomic E-state index is 0.0104. The Bertz CT molecular complexity index is 1060. The molecule has 2 aliphatic rings. The number of urea groups is 1. The van der Waals surface area contributed by atoms with Crippen LogP contribution in [-0.4, -0.2) is 52.8 Å². The molecule has 4 rings (SSSR count). The molecule has 2 fully saturated rings. The molecule has 0 bridgehead atoms. The fraction of sp³-hybridized carbons (Fsp3) is 0.318. The smallest absolute Gasteiger partial charge is 0.323 e. The van der Waals surface area contributed by atoms with Gasteiger partial charge in [0.2, 0.25) is 5.91 Å². The molecule has 0 aromatic heterocycles. The topological polar surface area (TPSA) is 81.8 Å². The zero-order valence-electron chi connectivity index (χ0n) is 17.0. The van der Waals surface area contributed by atoms with Gasteiger partial charge in [-0.25, -0.2) is 13.6 Å². The molecular formula is C22H21ClF2N4O3. The fourth-order valence-electron chi connectivity index (χ4n) is 4.01. The van der Waals surface area contributed by atoms with Gasteiger partial charge in [-0.2, -0.15) is 0 Å². The number of piperidine rings is 1. The second kappa shape index (κ2) is 8.84. The highest BCUT2D eigenvalue weighted by Gasteiger charge is 2.52. The average Bonchev–Trinajstić information content (AvgIpc) is 2.97. The van der Waals surface area contributed by atoms with Crippen LogP contribution in [0, 0.1) is 11.6 Å². The van der Waals surface area contributed by atoms with Crippen molar-refractivity contribution in [2.24, 2.45) is 0 Å². The molecule has 2 heterocycles. The molecule has 0 saturated carbocycles. The van der Waals surface area contributed by atoms with Gasteiger partial charge in [0.05, 0.1) is 18.8 Å². The van der Waals surface area contributed by atoms with E-state index in [2.05, 4.69) is 10.6 Å². The molecule has 168 valence electrons.